The molecule has 2 unspecified atom stereocenters. The molecule has 3 nitrogen and oxygen atoms in total. The van der Waals surface area contributed by atoms with Gasteiger partial charge in [0.15, 0.2) is 0 Å². The third-order valence-electron chi connectivity index (χ3n) is 2.73. The van der Waals surface area contributed by atoms with Gasteiger partial charge in [-0.2, -0.15) is 5.26 Å². The van der Waals surface area contributed by atoms with Crippen LogP contribution in [0.1, 0.15) is 31.7 Å². The molecule has 0 bridgehead atoms. The molecule has 1 N–H and O–H groups in total. The zero-order valence-corrected chi connectivity index (χ0v) is 10.3. The highest BCUT2D eigenvalue weighted by Gasteiger charge is 2.18. The molecule has 0 aliphatic rings. The lowest BCUT2D eigenvalue weighted by molar-refractivity contribution is -0.122. The molecule has 0 aliphatic carbocycles. The van der Waals surface area contributed by atoms with E-state index in [1.165, 1.54) is 0 Å². The molecule has 1 amide bonds. The summed E-state index contributed by atoms with van der Waals surface area (Å²) in [4.78, 5) is 12.0. The Morgan fingerprint density at radius 2 is 2.06 bits per heavy atom. The molecular formula is C14H18N2O. The van der Waals surface area contributed by atoms with Gasteiger partial charge in [-0.1, -0.05) is 37.3 Å². The average Bonchev–Trinajstić information content (AvgIpc) is 2.38. The maximum absolute atomic E-state index is 12.0. The molecule has 0 heterocycles. The third kappa shape index (κ3) is 3.92. The summed E-state index contributed by atoms with van der Waals surface area (Å²) >= 11 is 0. The Morgan fingerprint density at radius 1 is 1.41 bits per heavy atom. The molecule has 3 heteroatoms. The second-order valence-corrected chi connectivity index (χ2v) is 4.15. The molecule has 0 saturated carbocycles. The van der Waals surface area contributed by atoms with Crippen LogP contribution in [0.25, 0.3) is 0 Å². The lowest BCUT2D eigenvalue weighted by Crippen LogP contribution is -2.32. The minimum atomic E-state index is -0.146. The lowest BCUT2D eigenvalue weighted by Gasteiger charge is -2.15. The van der Waals surface area contributed by atoms with Crippen LogP contribution in [0, 0.1) is 17.2 Å². The van der Waals surface area contributed by atoms with Crippen LogP contribution in [-0.2, 0) is 4.79 Å². The number of carbonyl (C=O) groups excluding carboxylic acids is 1. The van der Waals surface area contributed by atoms with Crippen LogP contribution in [0.4, 0.5) is 0 Å². The molecule has 0 spiro atoms. The van der Waals surface area contributed by atoms with Gasteiger partial charge in [-0.05, 0) is 18.9 Å². The van der Waals surface area contributed by atoms with Crippen molar-refractivity contribution >= 4 is 5.91 Å². The number of nitrogens with zero attached hydrogens (tertiary/aromatic N) is 1. The number of hydrogen-bond acceptors (Lipinski definition) is 2. The fourth-order valence-electron chi connectivity index (χ4n) is 1.68. The number of hydrogen-bond donors (Lipinski definition) is 1. The van der Waals surface area contributed by atoms with Gasteiger partial charge in [-0.25, -0.2) is 0 Å². The highest BCUT2D eigenvalue weighted by molar-refractivity contribution is 5.83. The Hall–Kier alpha value is -1.82. The molecule has 1 aromatic rings. The van der Waals surface area contributed by atoms with Crippen LogP contribution < -0.4 is 5.32 Å². The highest BCUT2D eigenvalue weighted by Crippen LogP contribution is 2.19. The van der Waals surface area contributed by atoms with Gasteiger partial charge < -0.3 is 5.32 Å². The Labute approximate surface area is 102 Å². The molecule has 1 aromatic carbocycles. The molecular weight excluding hydrogens is 212 g/mol. The fraction of sp³-hybridized carbons (Fsp3) is 0.429. The van der Waals surface area contributed by atoms with Crippen LogP contribution >= 0.6 is 0 Å². The van der Waals surface area contributed by atoms with Crippen molar-refractivity contribution in [2.24, 2.45) is 5.92 Å². The summed E-state index contributed by atoms with van der Waals surface area (Å²) < 4.78 is 0. The lowest BCUT2D eigenvalue weighted by atomic mass is 9.95. The Bertz CT molecular complexity index is 394. The smallest absolute Gasteiger partial charge is 0.227 e. The molecule has 17 heavy (non-hydrogen) atoms. The maximum atomic E-state index is 12.0. The van der Waals surface area contributed by atoms with Crippen LogP contribution in [0.2, 0.25) is 0 Å². The van der Waals surface area contributed by atoms with Gasteiger partial charge in [-0.3, -0.25) is 4.79 Å². The van der Waals surface area contributed by atoms with Crippen molar-refractivity contribution in [1.82, 2.24) is 5.32 Å². The minimum absolute atomic E-state index is 0.000741. The first-order valence-corrected chi connectivity index (χ1v) is 5.91. The van der Waals surface area contributed by atoms with Crippen molar-refractivity contribution in [2.75, 3.05) is 6.54 Å². The van der Waals surface area contributed by atoms with Crippen molar-refractivity contribution in [2.45, 2.75) is 26.2 Å². The summed E-state index contributed by atoms with van der Waals surface area (Å²) in [5, 5.41) is 11.5. The predicted octanol–water partition coefficient (Wildman–Crippen LogP) is 2.46. The van der Waals surface area contributed by atoms with Crippen molar-refractivity contribution < 1.29 is 4.79 Å². The fourth-order valence-corrected chi connectivity index (χ4v) is 1.68. The van der Waals surface area contributed by atoms with Gasteiger partial charge in [0.1, 0.15) is 0 Å². The van der Waals surface area contributed by atoms with Crippen LogP contribution in [-0.4, -0.2) is 12.5 Å². The van der Waals surface area contributed by atoms with Crippen molar-refractivity contribution in [3.05, 3.63) is 35.9 Å². The molecule has 1 rings (SSSR count). The molecule has 2 atom stereocenters. The average molecular weight is 230 g/mol. The normalized spacial score (nSPS) is 13.5. The first-order chi connectivity index (χ1) is 8.19. The van der Waals surface area contributed by atoms with Crippen molar-refractivity contribution in [1.29, 1.82) is 5.26 Å². The van der Waals surface area contributed by atoms with E-state index in [-0.39, 0.29) is 17.7 Å². The summed E-state index contributed by atoms with van der Waals surface area (Å²) in [7, 11) is 0. The Balaban J connectivity index is 2.63. The Morgan fingerprint density at radius 3 is 2.59 bits per heavy atom. The minimum Gasteiger partial charge on any atom is -0.354 e. The zero-order chi connectivity index (χ0) is 12.7. The molecule has 0 radical (unpaired) electrons. The largest absolute Gasteiger partial charge is 0.354 e. The number of rotatable bonds is 5. The van der Waals surface area contributed by atoms with E-state index in [4.69, 9.17) is 5.26 Å². The van der Waals surface area contributed by atoms with Gasteiger partial charge in [-0.15, -0.1) is 0 Å². The SMILES string of the molecule is CCC(C(=O)NCC(C)C#N)c1ccccc1. The standard InChI is InChI=1S/C14H18N2O/c1-3-13(12-7-5-4-6-8-12)14(17)16-10-11(2)9-15/h4-8,11,13H,3,10H2,1-2H3,(H,16,17). The number of benzene rings is 1. The first kappa shape index (κ1) is 13.2. The van der Waals surface area contributed by atoms with Gasteiger partial charge in [0.2, 0.25) is 5.91 Å². The van der Waals surface area contributed by atoms with Gasteiger partial charge in [0.25, 0.3) is 0 Å². The summed E-state index contributed by atoms with van der Waals surface area (Å²) in [6.45, 7) is 4.20. The van der Waals surface area contributed by atoms with Crippen LogP contribution in [0.3, 0.4) is 0 Å². The second-order valence-electron chi connectivity index (χ2n) is 4.15. The van der Waals surface area contributed by atoms with Gasteiger partial charge >= 0.3 is 0 Å². The van der Waals surface area contributed by atoms with E-state index < -0.39 is 0 Å². The van der Waals surface area contributed by atoms with E-state index in [9.17, 15) is 4.79 Å². The molecule has 0 aromatic heterocycles. The van der Waals surface area contributed by atoms with E-state index in [1.54, 1.807) is 6.92 Å². The molecule has 0 aliphatic heterocycles. The van der Waals surface area contributed by atoms with Crippen molar-refractivity contribution in [3.63, 3.8) is 0 Å². The van der Waals surface area contributed by atoms with Gasteiger partial charge in [0.05, 0.1) is 17.9 Å². The summed E-state index contributed by atoms with van der Waals surface area (Å²) in [5.41, 5.74) is 1.03. The maximum Gasteiger partial charge on any atom is 0.227 e. The number of nitriles is 1. The van der Waals surface area contributed by atoms with E-state index in [0.717, 1.165) is 12.0 Å². The monoisotopic (exact) mass is 230 g/mol. The second kappa shape index (κ2) is 6.70. The Kier molecular flexibility index (Phi) is 5.22. The number of nitrogens with one attached hydrogen (secondary N) is 1. The summed E-state index contributed by atoms with van der Waals surface area (Å²) in [6.07, 6.45) is 0.761. The number of amides is 1. The van der Waals surface area contributed by atoms with Crippen LogP contribution in [0.5, 0.6) is 0 Å². The molecule has 90 valence electrons. The topological polar surface area (TPSA) is 52.9 Å². The third-order valence-corrected chi connectivity index (χ3v) is 2.73. The van der Waals surface area contributed by atoms with E-state index in [1.807, 2.05) is 37.3 Å². The van der Waals surface area contributed by atoms with Gasteiger partial charge in [0, 0.05) is 6.54 Å². The summed E-state index contributed by atoms with van der Waals surface area (Å²) in [5.74, 6) is -0.268. The molecule has 0 saturated heterocycles. The quantitative estimate of drug-likeness (QED) is 0.844. The highest BCUT2D eigenvalue weighted by atomic mass is 16.1. The van der Waals surface area contributed by atoms with E-state index >= 15 is 0 Å². The predicted molar refractivity (Wildman–Crippen MR) is 67.3 cm³/mol. The number of carbonyl (C=O) groups is 1. The molecule has 0 fully saturated rings. The van der Waals surface area contributed by atoms with Crippen LogP contribution in [0.15, 0.2) is 30.3 Å². The van der Waals surface area contributed by atoms with Crippen molar-refractivity contribution in [3.8, 4) is 6.07 Å². The zero-order valence-electron chi connectivity index (χ0n) is 10.3. The first-order valence-electron chi connectivity index (χ1n) is 5.91. The summed E-state index contributed by atoms with van der Waals surface area (Å²) in [6, 6.07) is 11.8. The van der Waals surface area contributed by atoms with E-state index in [0.29, 0.717) is 6.54 Å². The van der Waals surface area contributed by atoms with E-state index in [2.05, 4.69) is 11.4 Å².